The molecule has 3 rings (SSSR count). The van der Waals surface area contributed by atoms with Crippen LogP contribution in [0.1, 0.15) is 46.7 Å². The molecule has 0 saturated heterocycles. The Labute approximate surface area is 135 Å². The first-order chi connectivity index (χ1) is 11.1. The van der Waals surface area contributed by atoms with Crippen molar-refractivity contribution >= 4 is 5.91 Å². The topological polar surface area (TPSA) is 67.5 Å². The number of carbonyl (C=O) groups excluding carboxylic acids is 1. The molecule has 6 nitrogen and oxygen atoms in total. The van der Waals surface area contributed by atoms with E-state index in [1.807, 2.05) is 30.0 Å². The molecule has 2 heterocycles. The summed E-state index contributed by atoms with van der Waals surface area (Å²) in [6.07, 6.45) is 0.877. The lowest BCUT2D eigenvalue weighted by Gasteiger charge is -2.27. The van der Waals surface area contributed by atoms with E-state index in [0.717, 1.165) is 34.7 Å². The molecule has 1 aromatic carbocycles. The van der Waals surface area contributed by atoms with Crippen LogP contribution in [0, 0.1) is 6.92 Å². The minimum Gasteiger partial charge on any atom is -0.497 e. The Balaban J connectivity index is 2.19. The molecule has 0 radical (unpaired) electrons. The van der Waals surface area contributed by atoms with Crippen LogP contribution in [0.25, 0.3) is 0 Å². The Kier molecular flexibility index (Phi) is 3.98. The van der Waals surface area contributed by atoms with Crippen LogP contribution in [0.15, 0.2) is 18.2 Å². The van der Waals surface area contributed by atoms with E-state index in [2.05, 4.69) is 17.1 Å². The van der Waals surface area contributed by atoms with E-state index in [0.29, 0.717) is 12.2 Å². The molecular weight excluding hydrogens is 294 g/mol. The van der Waals surface area contributed by atoms with Gasteiger partial charge in [-0.2, -0.15) is 5.10 Å². The number of hydrogen-bond donors (Lipinski definition) is 1. The van der Waals surface area contributed by atoms with Gasteiger partial charge in [0, 0.05) is 23.4 Å². The predicted molar refractivity (Wildman–Crippen MR) is 86.0 cm³/mol. The minimum absolute atomic E-state index is 0.0407. The molecule has 2 aromatic rings. The van der Waals surface area contributed by atoms with Gasteiger partial charge in [-0.25, -0.2) is 0 Å². The summed E-state index contributed by atoms with van der Waals surface area (Å²) in [5, 5.41) is 7.12. The number of aromatic nitrogens is 2. The van der Waals surface area contributed by atoms with E-state index in [9.17, 15) is 4.79 Å². The predicted octanol–water partition coefficient (Wildman–Crippen LogP) is 2.69. The summed E-state index contributed by atoms with van der Waals surface area (Å²) < 4.78 is 10.9. The number of rotatable bonds is 5. The zero-order chi connectivity index (χ0) is 16.6. The third-order valence-electron chi connectivity index (χ3n) is 4.24. The van der Waals surface area contributed by atoms with Crippen LogP contribution >= 0.6 is 0 Å². The number of aromatic amines is 1. The second kappa shape index (κ2) is 5.95. The number of H-pyrrole nitrogens is 1. The monoisotopic (exact) mass is 315 g/mol. The van der Waals surface area contributed by atoms with Crippen molar-refractivity contribution in [3.8, 4) is 11.5 Å². The molecule has 0 unspecified atom stereocenters. The van der Waals surface area contributed by atoms with Gasteiger partial charge in [-0.05, 0) is 31.5 Å². The van der Waals surface area contributed by atoms with Gasteiger partial charge in [0.15, 0.2) is 5.69 Å². The number of fused-ring (bicyclic) bond motifs is 1. The molecule has 0 saturated carbocycles. The average molecular weight is 315 g/mol. The lowest BCUT2D eigenvalue weighted by molar-refractivity contribution is 0.0742. The van der Waals surface area contributed by atoms with Gasteiger partial charge in [-0.15, -0.1) is 0 Å². The molecule has 1 N–H and O–H groups in total. The highest BCUT2D eigenvalue weighted by molar-refractivity contribution is 5.98. The van der Waals surface area contributed by atoms with Gasteiger partial charge in [0.2, 0.25) is 0 Å². The molecule has 1 aliphatic rings. The summed E-state index contributed by atoms with van der Waals surface area (Å²) >= 11 is 0. The number of hydrogen-bond acceptors (Lipinski definition) is 4. The first kappa shape index (κ1) is 15.4. The first-order valence-electron chi connectivity index (χ1n) is 7.70. The minimum atomic E-state index is -0.207. The van der Waals surface area contributed by atoms with E-state index >= 15 is 0 Å². The Hall–Kier alpha value is -2.50. The molecule has 122 valence electrons. The van der Waals surface area contributed by atoms with Gasteiger partial charge < -0.3 is 14.4 Å². The summed E-state index contributed by atoms with van der Waals surface area (Å²) in [5.74, 6) is 1.43. The van der Waals surface area contributed by atoms with Crippen molar-refractivity contribution in [1.82, 2.24) is 15.1 Å². The number of benzene rings is 1. The van der Waals surface area contributed by atoms with Crippen LogP contribution in [0.2, 0.25) is 0 Å². The lowest BCUT2D eigenvalue weighted by Crippen LogP contribution is -2.30. The average Bonchev–Trinajstić information content (AvgIpc) is 3.07. The van der Waals surface area contributed by atoms with Crippen molar-refractivity contribution in [2.75, 3.05) is 20.8 Å². The molecule has 0 spiro atoms. The summed E-state index contributed by atoms with van der Waals surface area (Å²) in [7, 11) is 3.26. The molecule has 0 bridgehead atoms. The van der Waals surface area contributed by atoms with Gasteiger partial charge in [0.25, 0.3) is 5.91 Å². The molecular formula is C17H21N3O3. The standard InChI is InChI=1S/C17H21N3O3/c1-5-8-20-16(14-10(2)18-19-15(14)17(20)21)12-9-11(22-3)6-7-13(12)23-4/h6-7,9,16H,5,8H2,1-4H3,(H,18,19)/t16-/m0/s1. The van der Waals surface area contributed by atoms with Crippen molar-refractivity contribution in [1.29, 1.82) is 0 Å². The van der Waals surface area contributed by atoms with Crippen LogP contribution in [-0.2, 0) is 0 Å². The molecule has 1 aliphatic heterocycles. The number of amides is 1. The number of aryl methyl sites for hydroxylation is 1. The molecule has 1 aromatic heterocycles. The fourth-order valence-electron chi connectivity index (χ4n) is 3.19. The van der Waals surface area contributed by atoms with E-state index < -0.39 is 0 Å². The normalized spacial score (nSPS) is 16.6. The maximum atomic E-state index is 12.7. The van der Waals surface area contributed by atoms with Crippen molar-refractivity contribution < 1.29 is 14.3 Å². The van der Waals surface area contributed by atoms with Crippen molar-refractivity contribution in [3.63, 3.8) is 0 Å². The molecule has 6 heteroatoms. The van der Waals surface area contributed by atoms with Crippen molar-refractivity contribution in [2.45, 2.75) is 26.3 Å². The highest BCUT2D eigenvalue weighted by Gasteiger charge is 2.42. The Morgan fingerprint density at radius 3 is 2.74 bits per heavy atom. The van der Waals surface area contributed by atoms with Crippen LogP contribution in [0.4, 0.5) is 0 Å². The van der Waals surface area contributed by atoms with Crippen LogP contribution in [0.5, 0.6) is 11.5 Å². The third-order valence-corrected chi connectivity index (χ3v) is 4.24. The Morgan fingerprint density at radius 1 is 1.30 bits per heavy atom. The lowest BCUT2D eigenvalue weighted by atomic mass is 9.98. The third kappa shape index (κ3) is 2.34. The van der Waals surface area contributed by atoms with Crippen LogP contribution in [-0.4, -0.2) is 41.8 Å². The molecule has 0 aliphatic carbocycles. The van der Waals surface area contributed by atoms with E-state index in [1.54, 1.807) is 14.2 Å². The largest absolute Gasteiger partial charge is 0.497 e. The van der Waals surface area contributed by atoms with Crippen LogP contribution < -0.4 is 9.47 Å². The second-order valence-electron chi connectivity index (χ2n) is 5.62. The summed E-state index contributed by atoms with van der Waals surface area (Å²) in [4.78, 5) is 14.6. The summed E-state index contributed by atoms with van der Waals surface area (Å²) in [6, 6.07) is 5.45. The highest BCUT2D eigenvalue weighted by Crippen LogP contribution is 2.43. The summed E-state index contributed by atoms with van der Waals surface area (Å²) in [6.45, 7) is 4.66. The Morgan fingerprint density at radius 2 is 2.09 bits per heavy atom. The fraction of sp³-hybridized carbons (Fsp3) is 0.412. The van der Waals surface area contributed by atoms with Crippen molar-refractivity contribution in [3.05, 3.63) is 40.7 Å². The van der Waals surface area contributed by atoms with Gasteiger partial charge in [0.05, 0.1) is 20.3 Å². The Bertz CT molecular complexity index is 739. The molecule has 1 atom stereocenters. The molecule has 1 amide bonds. The molecule has 23 heavy (non-hydrogen) atoms. The molecule has 0 fully saturated rings. The van der Waals surface area contributed by atoms with Crippen LogP contribution in [0.3, 0.4) is 0 Å². The maximum absolute atomic E-state index is 12.7. The van der Waals surface area contributed by atoms with E-state index in [4.69, 9.17) is 9.47 Å². The van der Waals surface area contributed by atoms with Gasteiger partial charge >= 0.3 is 0 Å². The van der Waals surface area contributed by atoms with Gasteiger partial charge in [-0.1, -0.05) is 6.92 Å². The highest BCUT2D eigenvalue weighted by atomic mass is 16.5. The number of methoxy groups -OCH3 is 2. The number of ether oxygens (including phenoxy) is 2. The zero-order valence-corrected chi connectivity index (χ0v) is 13.8. The quantitative estimate of drug-likeness (QED) is 0.921. The zero-order valence-electron chi connectivity index (χ0n) is 13.8. The fourth-order valence-corrected chi connectivity index (χ4v) is 3.19. The number of carbonyl (C=O) groups is 1. The second-order valence-corrected chi connectivity index (χ2v) is 5.62. The van der Waals surface area contributed by atoms with E-state index in [1.165, 1.54) is 0 Å². The first-order valence-corrected chi connectivity index (χ1v) is 7.70. The van der Waals surface area contributed by atoms with E-state index in [-0.39, 0.29) is 11.9 Å². The SMILES string of the molecule is CCCN1C(=O)c2n[nH]c(C)c2[C@@H]1c1cc(OC)ccc1OC. The van der Waals surface area contributed by atoms with Crippen molar-refractivity contribution in [2.24, 2.45) is 0 Å². The summed E-state index contributed by atoms with van der Waals surface area (Å²) in [5.41, 5.74) is 3.25. The number of nitrogens with zero attached hydrogens (tertiary/aromatic N) is 2. The maximum Gasteiger partial charge on any atom is 0.275 e. The smallest absolute Gasteiger partial charge is 0.275 e. The van der Waals surface area contributed by atoms with Gasteiger partial charge in [-0.3, -0.25) is 9.89 Å². The number of nitrogens with one attached hydrogen (secondary N) is 1. The van der Waals surface area contributed by atoms with Gasteiger partial charge in [0.1, 0.15) is 11.5 Å².